The monoisotopic (exact) mass is 293 g/mol. The zero-order chi connectivity index (χ0) is 15.2. The van der Waals surface area contributed by atoms with E-state index in [0.717, 1.165) is 25.1 Å². The fourth-order valence-electron chi connectivity index (χ4n) is 2.36. The summed E-state index contributed by atoms with van der Waals surface area (Å²) in [6, 6.07) is 5.99. The van der Waals surface area contributed by atoms with Gasteiger partial charge in [0, 0.05) is 19.6 Å². The highest BCUT2D eigenvalue weighted by Gasteiger charge is 2.14. The average molecular weight is 293 g/mol. The molecule has 0 bridgehead atoms. The van der Waals surface area contributed by atoms with Crippen LogP contribution in [0.5, 0.6) is 0 Å². The molecular formula is C15H20FN3O2. The van der Waals surface area contributed by atoms with Crippen LogP contribution in [0, 0.1) is 0 Å². The summed E-state index contributed by atoms with van der Waals surface area (Å²) in [7, 11) is 2.09. The van der Waals surface area contributed by atoms with Crippen molar-refractivity contribution >= 4 is 12.0 Å². The second-order valence-corrected chi connectivity index (χ2v) is 5.09. The van der Waals surface area contributed by atoms with Crippen LogP contribution in [0.3, 0.4) is 0 Å². The molecule has 1 aliphatic heterocycles. The molecule has 0 unspecified atom stereocenters. The van der Waals surface area contributed by atoms with Crippen molar-refractivity contribution in [2.45, 2.75) is 13.0 Å². The minimum absolute atomic E-state index is 0.0312. The fourth-order valence-corrected chi connectivity index (χ4v) is 2.36. The van der Waals surface area contributed by atoms with E-state index in [-0.39, 0.29) is 12.3 Å². The van der Waals surface area contributed by atoms with E-state index in [1.165, 1.54) is 11.1 Å². The second-order valence-electron chi connectivity index (χ2n) is 5.09. The van der Waals surface area contributed by atoms with Crippen LogP contribution >= 0.6 is 0 Å². The Morgan fingerprint density at radius 3 is 3.05 bits per heavy atom. The second kappa shape index (κ2) is 7.19. The number of likely N-dealkylation sites (N-methyl/N-ethyl adjacent to an activating group) is 1. The van der Waals surface area contributed by atoms with Crippen molar-refractivity contribution in [1.82, 2.24) is 10.2 Å². The normalized spacial score (nSPS) is 15.5. The van der Waals surface area contributed by atoms with Crippen molar-refractivity contribution in [2.24, 2.45) is 5.90 Å². The molecule has 1 aromatic rings. The van der Waals surface area contributed by atoms with Gasteiger partial charge in [0.05, 0.1) is 0 Å². The molecule has 1 heterocycles. The van der Waals surface area contributed by atoms with Crippen molar-refractivity contribution in [3.8, 4) is 0 Å². The number of alkyl halides is 1. The Kier molecular flexibility index (Phi) is 5.30. The Bertz CT molecular complexity index is 546. The SMILES string of the molecule is CN1CCc2cc(/C=C(/ON)C(=O)NCCF)ccc2C1. The molecule has 0 saturated heterocycles. The van der Waals surface area contributed by atoms with Gasteiger partial charge in [-0.3, -0.25) is 4.79 Å². The van der Waals surface area contributed by atoms with Gasteiger partial charge >= 0.3 is 0 Å². The van der Waals surface area contributed by atoms with E-state index in [2.05, 4.69) is 22.1 Å². The summed E-state index contributed by atoms with van der Waals surface area (Å²) >= 11 is 0. The lowest BCUT2D eigenvalue weighted by molar-refractivity contribution is -0.120. The molecule has 3 N–H and O–H groups in total. The summed E-state index contributed by atoms with van der Waals surface area (Å²) in [6.07, 6.45) is 2.53. The number of benzene rings is 1. The van der Waals surface area contributed by atoms with Gasteiger partial charge in [-0.1, -0.05) is 18.2 Å². The number of nitrogens with two attached hydrogens (primary N) is 1. The molecule has 1 amide bonds. The number of carbonyl (C=O) groups is 1. The van der Waals surface area contributed by atoms with Crippen LogP contribution in [0.1, 0.15) is 16.7 Å². The van der Waals surface area contributed by atoms with Gasteiger partial charge in [0.1, 0.15) is 6.67 Å². The molecule has 0 atom stereocenters. The Balaban J connectivity index is 2.17. The van der Waals surface area contributed by atoms with Crippen LogP contribution in [-0.4, -0.2) is 37.6 Å². The number of carbonyl (C=O) groups excluding carboxylic acids is 1. The van der Waals surface area contributed by atoms with Gasteiger partial charge in [0.25, 0.3) is 5.91 Å². The molecule has 114 valence electrons. The number of hydrogen-bond donors (Lipinski definition) is 2. The third kappa shape index (κ3) is 4.03. The van der Waals surface area contributed by atoms with Gasteiger partial charge in [-0.15, -0.1) is 0 Å². The van der Waals surface area contributed by atoms with Crippen LogP contribution in [0.2, 0.25) is 0 Å². The molecule has 1 aliphatic rings. The first-order valence-electron chi connectivity index (χ1n) is 6.87. The summed E-state index contributed by atoms with van der Waals surface area (Å²) < 4.78 is 12.1. The number of rotatable bonds is 5. The van der Waals surface area contributed by atoms with E-state index in [4.69, 9.17) is 5.90 Å². The third-order valence-electron chi connectivity index (χ3n) is 3.46. The van der Waals surface area contributed by atoms with Gasteiger partial charge in [-0.05, 0) is 36.2 Å². The van der Waals surface area contributed by atoms with Gasteiger partial charge in [-0.2, -0.15) is 5.90 Å². The van der Waals surface area contributed by atoms with E-state index < -0.39 is 12.6 Å². The van der Waals surface area contributed by atoms with Crippen LogP contribution < -0.4 is 11.2 Å². The van der Waals surface area contributed by atoms with Gasteiger partial charge < -0.3 is 15.1 Å². The lowest BCUT2D eigenvalue weighted by Crippen LogP contribution is -2.29. The Hall–Kier alpha value is -1.92. The molecule has 5 nitrogen and oxygen atoms in total. The largest absolute Gasteiger partial charge is 0.406 e. The zero-order valence-electron chi connectivity index (χ0n) is 12.1. The Labute approximate surface area is 123 Å². The highest BCUT2D eigenvalue weighted by atomic mass is 19.1. The highest BCUT2D eigenvalue weighted by molar-refractivity contribution is 5.95. The number of nitrogens with zero attached hydrogens (tertiary/aromatic N) is 1. The Morgan fingerprint density at radius 2 is 2.33 bits per heavy atom. The van der Waals surface area contributed by atoms with Crippen LogP contribution in [0.25, 0.3) is 6.08 Å². The first-order valence-corrected chi connectivity index (χ1v) is 6.87. The van der Waals surface area contributed by atoms with E-state index in [0.29, 0.717) is 0 Å². The van der Waals surface area contributed by atoms with Gasteiger partial charge in [0.2, 0.25) is 5.76 Å². The number of halogens is 1. The van der Waals surface area contributed by atoms with Gasteiger partial charge in [0.15, 0.2) is 0 Å². The highest BCUT2D eigenvalue weighted by Crippen LogP contribution is 2.20. The number of hydrogen-bond acceptors (Lipinski definition) is 4. The number of amides is 1. The van der Waals surface area contributed by atoms with E-state index in [1.54, 1.807) is 6.08 Å². The molecule has 2 rings (SSSR count). The average Bonchev–Trinajstić information content (AvgIpc) is 2.50. The summed E-state index contributed by atoms with van der Waals surface area (Å²) in [6.45, 7) is 1.25. The summed E-state index contributed by atoms with van der Waals surface area (Å²) in [4.78, 5) is 18.6. The van der Waals surface area contributed by atoms with Crippen molar-refractivity contribution in [1.29, 1.82) is 0 Å². The number of nitrogens with one attached hydrogen (secondary N) is 1. The van der Waals surface area contributed by atoms with Crippen LogP contribution in [-0.2, 0) is 22.6 Å². The van der Waals surface area contributed by atoms with Crippen molar-refractivity contribution < 1.29 is 14.0 Å². The number of fused-ring (bicyclic) bond motifs is 1. The Morgan fingerprint density at radius 1 is 1.52 bits per heavy atom. The van der Waals surface area contributed by atoms with E-state index in [1.807, 2.05) is 18.2 Å². The van der Waals surface area contributed by atoms with E-state index >= 15 is 0 Å². The fraction of sp³-hybridized carbons (Fsp3) is 0.400. The molecule has 6 heteroatoms. The van der Waals surface area contributed by atoms with Crippen LogP contribution in [0.15, 0.2) is 24.0 Å². The maximum Gasteiger partial charge on any atom is 0.289 e. The molecule has 21 heavy (non-hydrogen) atoms. The summed E-state index contributed by atoms with van der Waals surface area (Å²) in [5.41, 5.74) is 3.40. The minimum atomic E-state index is -0.629. The zero-order valence-corrected chi connectivity index (χ0v) is 12.1. The first kappa shape index (κ1) is 15.5. The molecular weight excluding hydrogens is 273 g/mol. The molecule has 0 spiro atoms. The molecule has 0 saturated carbocycles. The first-order chi connectivity index (χ1) is 10.1. The molecule has 1 aromatic carbocycles. The molecule has 0 aliphatic carbocycles. The quantitative estimate of drug-likeness (QED) is 0.483. The van der Waals surface area contributed by atoms with Crippen molar-refractivity contribution in [2.75, 3.05) is 26.8 Å². The maximum atomic E-state index is 12.1. The predicted octanol–water partition coefficient (Wildman–Crippen LogP) is 0.991. The van der Waals surface area contributed by atoms with E-state index in [9.17, 15) is 9.18 Å². The van der Waals surface area contributed by atoms with Crippen molar-refractivity contribution in [3.63, 3.8) is 0 Å². The topological polar surface area (TPSA) is 67.6 Å². The smallest absolute Gasteiger partial charge is 0.289 e. The van der Waals surface area contributed by atoms with Crippen molar-refractivity contribution in [3.05, 3.63) is 40.6 Å². The molecule has 0 fully saturated rings. The summed E-state index contributed by atoms with van der Waals surface area (Å²) in [5.74, 6) is 4.57. The summed E-state index contributed by atoms with van der Waals surface area (Å²) in [5, 5.41) is 2.38. The predicted molar refractivity (Wildman–Crippen MR) is 78.7 cm³/mol. The molecule has 0 aromatic heterocycles. The standard InChI is InChI=1S/C15H20FN3O2/c1-19-7-4-12-8-11(2-3-13(12)10-19)9-14(21-17)15(20)18-6-5-16/h2-3,8-9H,4-7,10,17H2,1H3,(H,18,20)/b14-9+. The maximum absolute atomic E-state index is 12.1. The lowest BCUT2D eigenvalue weighted by Gasteiger charge is -2.25. The lowest BCUT2D eigenvalue weighted by atomic mass is 9.97. The van der Waals surface area contributed by atoms with Crippen LogP contribution in [0.4, 0.5) is 4.39 Å². The molecule has 0 radical (unpaired) electrons. The minimum Gasteiger partial charge on any atom is -0.406 e. The third-order valence-corrected chi connectivity index (χ3v) is 3.46. The van der Waals surface area contributed by atoms with Gasteiger partial charge in [-0.25, -0.2) is 4.39 Å².